The number of hydrogen-bond donors (Lipinski definition) is 2. The summed E-state index contributed by atoms with van der Waals surface area (Å²) in [5.74, 6) is 0.140. The zero-order chi connectivity index (χ0) is 13.7. The Hall–Kier alpha value is -1.39. The van der Waals surface area contributed by atoms with Gasteiger partial charge in [-0.15, -0.1) is 0 Å². The minimum atomic E-state index is 0.140. The molecule has 1 amide bonds. The highest BCUT2D eigenvalue weighted by Crippen LogP contribution is 2.17. The summed E-state index contributed by atoms with van der Waals surface area (Å²) in [5.41, 5.74) is 7.78. The molecule has 1 heterocycles. The molecule has 3 N–H and O–H groups in total. The first kappa shape index (κ1) is 14.0. The summed E-state index contributed by atoms with van der Waals surface area (Å²) >= 11 is 0. The second-order valence-electron chi connectivity index (χ2n) is 5.28. The fourth-order valence-electron chi connectivity index (χ4n) is 2.52. The summed E-state index contributed by atoms with van der Waals surface area (Å²) in [5, 5.41) is 2.99. The molecule has 1 aliphatic heterocycles. The first-order chi connectivity index (χ1) is 9.19. The number of rotatable bonds is 5. The number of carbonyl (C=O) groups excluding carboxylic acids is 1. The fraction of sp³-hybridized carbons (Fsp3) is 0.533. The van der Waals surface area contributed by atoms with Crippen molar-refractivity contribution < 1.29 is 4.79 Å². The van der Waals surface area contributed by atoms with E-state index in [0.29, 0.717) is 25.6 Å². The first-order valence-electron chi connectivity index (χ1n) is 6.94. The van der Waals surface area contributed by atoms with E-state index < -0.39 is 0 Å². The van der Waals surface area contributed by atoms with E-state index >= 15 is 0 Å². The molecule has 1 fully saturated rings. The van der Waals surface area contributed by atoms with Gasteiger partial charge in [-0.3, -0.25) is 4.79 Å². The predicted octanol–water partition coefficient (Wildman–Crippen LogP) is 1.25. The molecule has 0 saturated carbocycles. The minimum Gasteiger partial charge on any atom is -0.352 e. The van der Waals surface area contributed by atoms with Crippen LogP contribution in [0.4, 0.5) is 0 Å². The first-order valence-corrected chi connectivity index (χ1v) is 6.94. The average molecular weight is 261 g/mol. The topological polar surface area (TPSA) is 58.4 Å². The van der Waals surface area contributed by atoms with Gasteiger partial charge in [0, 0.05) is 25.6 Å². The highest BCUT2D eigenvalue weighted by atomic mass is 16.1. The third kappa shape index (κ3) is 4.04. The summed E-state index contributed by atoms with van der Waals surface area (Å²) < 4.78 is 0. The van der Waals surface area contributed by atoms with Crippen molar-refractivity contribution in [3.8, 4) is 0 Å². The third-order valence-electron chi connectivity index (χ3n) is 3.84. The number of carbonyl (C=O) groups is 1. The van der Waals surface area contributed by atoms with Crippen LogP contribution in [0.5, 0.6) is 0 Å². The van der Waals surface area contributed by atoms with Gasteiger partial charge in [0.2, 0.25) is 5.91 Å². The molecule has 0 bridgehead atoms. The minimum absolute atomic E-state index is 0.140. The second kappa shape index (κ2) is 6.68. The number of amides is 1. The number of nitrogens with two attached hydrogens (primary N) is 1. The molecule has 0 spiro atoms. The largest absolute Gasteiger partial charge is 0.352 e. The Bertz CT molecular complexity index is 416. The SMILES string of the molecule is CN1CCC[C@H]1CC(=O)NCc1ccc(CN)cc1. The van der Waals surface area contributed by atoms with Gasteiger partial charge in [-0.1, -0.05) is 24.3 Å². The molecular weight excluding hydrogens is 238 g/mol. The van der Waals surface area contributed by atoms with E-state index in [4.69, 9.17) is 5.73 Å². The van der Waals surface area contributed by atoms with Crippen LogP contribution in [0.25, 0.3) is 0 Å². The molecule has 1 aliphatic rings. The second-order valence-corrected chi connectivity index (χ2v) is 5.28. The van der Waals surface area contributed by atoms with Crippen molar-refractivity contribution in [1.29, 1.82) is 0 Å². The van der Waals surface area contributed by atoms with Gasteiger partial charge < -0.3 is 16.0 Å². The molecule has 1 saturated heterocycles. The summed E-state index contributed by atoms with van der Waals surface area (Å²) in [6, 6.07) is 8.46. The monoisotopic (exact) mass is 261 g/mol. The van der Waals surface area contributed by atoms with Crippen LogP contribution in [0, 0.1) is 0 Å². The van der Waals surface area contributed by atoms with Gasteiger partial charge >= 0.3 is 0 Å². The Balaban J connectivity index is 1.76. The van der Waals surface area contributed by atoms with Crippen LogP contribution in [0.15, 0.2) is 24.3 Å². The Kier molecular flexibility index (Phi) is 4.93. The van der Waals surface area contributed by atoms with E-state index in [-0.39, 0.29) is 5.91 Å². The molecule has 4 heteroatoms. The summed E-state index contributed by atoms with van der Waals surface area (Å²) in [7, 11) is 2.09. The quantitative estimate of drug-likeness (QED) is 0.838. The van der Waals surface area contributed by atoms with E-state index in [9.17, 15) is 4.79 Å². The smallest absolute Gasteiger partial charge is 0.221 e. The van der Waals surface area contributed by atoms with Gasteiger partial charge in [0.25, 0.3) is 0 Å². The van der Waals surface area contributed by atoms with Gasteiger partial charge in [-0.2, -0.15) is 0 Å². The Morgan fingerprint density at radius 1 is 1.37 bits per heavy atom. The van der Waals surface area contributed by atoms with Crippen molar-refractivity contribution in [2.45, 2.75) is 38.4 Å². The van der Waals surface area contributed by atoms with E-state index in [1.165, 1.54) is 6.42 Å². The Labute approximate surface area is 115 Å². The van der Waals surface area contributed by atoms with Crippen LogP contribution in [-0.2, 0) is 17.9 Å². The van der Waals surface area contributed by atoms with Crippen LogP contribution in [0.2, 0.25) is 0 Å². The lowest BCUT2D eigenvalue weighted by molar-refractivity contribution is -0.122. The summed E-state index contributed by atoms with van der Waals surface area (Å²) in [6.45, 7) is 2.26. The maximum absolute atomic E-state index is 11.9. The highest BCUT2D eigenvalue weighted by molar-refractivity contribution is 5.76. The fourth-order valence-corrected chi connectivity index (χ4v) is 2.52. The Morgan fingerprint density at radius 2 is 2.05 bits per heavy atom. The van der Waals surface area contributed by atoms with Gasteiger partial charge in [-0.25, -0.2) is 0 Å². The van der Waals surface area contributed by atoms with Gasteiger partial charge in [0.15, 0.2) is 0 Å². The molecule has 1 atom stereocenters. The lowest BCUT2D eigenvalue weighted by atomic mass is 10.1. The van der Waals surface area contributed by atoms with Crippen LogP contribution in [0.3, 0.4) is 0 Å². The van der Waals surface area contributed by atoms with E-state index in [2.05, 4.69) is 17.3 Å². The van der Waals surface area contributed by atoms with E-state index in [0.717, 1.165) is 24.1 Å². The molecule has 4 nitrogen and oxygen atoms in total. The van der Waals surface area contributed by atoms with Gasteiger partial charge in [0.1, 0.15) is 0 Å². The maximum atomic E-state index is 11.9. The summed E-state index contributed by atoms with van der Waals surface area (Å²) in [6.07, 6.45) is 2.95. The highest BCUT2D eigenvalue weighted by Gasteiger charge is 2.23. The van der Waals surface area contributed by atoms with Gasteiger partial charge in [0.05, 0.1) is 0 Å². The maximum Gasteiger partial charge on any atom is 0.221 e. The molecular formula is C15H23N3O. The molecule has 0 unspecified atom stereocenters. The average Bonchev–Trinajstić information content (AvgIpc) is 2.82. The molecule has 0 aromatic heterocycles. The van der Waals surface area contributed by atoms with Crippen LogP contribution in [-0.4, -0.2) is 30.4 Å². The third-order valence-corrected chi connectivity index (χ3v) is 3.84. The van der Waals surface area contributed by atoms with Crippen molar-refractivity contribution in [2.75, 3.05) is 13.6 Å². The normalized spacial score (nSPS) is 19.6. The van der Waals surface area contributed by atoms with E-state index in [1.54, 1.807) is 0 Å². The molecule has 2 rings (SSSR count). The van der Waals surface area contributed by atoms with Crippen molar-refractivity contribution >= 4 is 5.91 Å². The number of nitrogens with one attached hydrogen (secondary N) is 1. The van der Waals surface area contributed by atoms with Crippen molar-refractivity contribution in [3.05, 3.63) is 35.4 Å². The standard InChI is InChI=1S/C15H23N3O/c1-18-8-2-3-14(18)9-15(19)17-11-13-6-4-12(10-16)5-7-13/h4-7,14H,2-3,8-11,16H2,1H3,(H,17,19)/t14-/m0/s1. The van der Waals surface area contributed by atoms with Crippen LogP contribution >= 0.6 is 0 Å². The molecule has 1 aromatic carbocycles. The van der Waals surface area contributed by atoms with Crippen LogP contribution in [0.1, 0.15) is 30.4 Å². The molecule has 0 aliphatic carbocycles. The molecule has 19 heavy (non-hydrogen) atoms. The Morgan fingerprint density at radius 3 is 2.63 bits per heavy atom. The zero-order valence-electron chi connectivity index (χ0n) is 11.6. The summed E-state index contributed by atoms with van der Waals surface area (Å²) in [4.78, 5) is 14.2. The van der Waals surface area contributed by atoms with Gasteiger partial charge in [-0.05, 0) is 37.6 Å². The van der Waals surface area contributed by atoms with Crippen molar-refractivity contribution in [3.63, 3.8) is 0 Å². The number of hydrogen-bond acceptors (Lipinski definition) is 3. The lowest BCUT2D eigenvalue weighted by Gasteiger charge is -2.18. The lowest BCUT2D eigenvalue weighted by Crippen LogP contribution is -2.32. The van der Waals surface area contributed by atoms with Crippen molar-refractivity contribution in [2.24, 2.45) is 5.73 Å². The molecule has 104 valence electrons. The molecule has 0 radical (unpaired) electrons. The van der Waals surface area contributed by atoms with E-state index in [1.807, 2.05) is 24.3 Å². The zero-order valence-corrected chi connectivity index (χ0v) is 11.6. The van der Waals surface area contributed by atoms with Crippen molar-refractivity contribution in [1.82, 2.24) is 10.2 Å². The predicted molar refractivity (Wildman–Crippen MR) is 76.4 cm³/mol. The number of likely N-dealkylation sites (tertiary alicyclic amines) is 1. The number of nitrogens with zero attached hydrogens (tertiary/aromatic N) is 1. The molecule has 1 aromatic rings. The number of benzene rings is 1. The van der Waals surface area contributed by atoms with Crippen LogP contribution < -0.4 is 11.1 Å².